The van der Waals surface area contributed by atoms with Gasteiger partial charge in [0.2, 0.25) is 0 Å². The molecule has 4 nitrogen and oxygen atoms in total. The van der Waals surface area contributed by atoms with Gasteiger partial charge in [0, 0.05) is 17.1 Å². The molecular weight excluding hydrogens is 118 g/mol. The van der Waals surface area contributed by atoms with Gasteiger partial charge in [0.15, 0.2) is 0 Å². The summed E-state index contributed by atoms with van der Waals surface area (Å²) in [5, 5.41) is 14.8. The summed E-state index contributed by atoms with van der Waals surface area (Å²) in [7, 11) is 0. The Balaban J connectivity index is 0. The molecule has 0 fully saturated rings. The van der Waals surface area contributed by atoms with Gasteiger partial charge >= 0.3 is 0 Å². The summed E-state index contributed by atoms with van der Waals surface area (Å²) in [5.74, 6) is 0. The molecular formula is FeNO3-. The van der Waals surface area contributed by atoms with Crippen molar-refractivity contribution in [2.24, 2.45) is 0 Å². The molecule has 0 spiro atoms. The van der Waals surface area contributed by atoms with E-state index in [1.807, 2.05) is 0 Å². The molecule has 0 aliphatic rings. The second-order valence-corrected chi connectivity index (χ2v) is 0.224. The van der Waals surface area contributed by atoms with E-state index >= 15 is 0 Å². The first-order valence-electron chi connectivity index (χ1n) is 0.548. The molecule has 32 valence electrons. The van der Waals surface area contributed by atoms with Crippen LogP contribution in [0.1, 0.15) is 0 Å². The number of rotatable bonds is 0. The van der Waals surface area contributed by atoms with Crippen molar-refractivity contribution < 1.29 is 22.2 Å². The molecule has 0 aromatic rings. The monoisotopic (exact) mass is 118 g/mol. The fourth-order valence-electron chi connectivity index (χ4n) is 0. The molecule has 0 saturated carbocycles. The summed E-state index contributed by atoms with van der Waals surface area (Å²) >= 11 is 0. The smallest absolute Gasteiger partial charge is 0.0689 e. The van der Waals surface area contributed by atoms with Crippen LogP contribution in [0, 0.1) is 15.3 Å². The predicted octanol–water partition coefficient (Wildman–Crippen LogP) is -0.242. The SMILES string of the molecule is O=[N+]([O-])[O-].[Fe]. The van der Waals surface area contributed by atoms with Crippen LogP contribution in [0.4, 0.5) is 0 Å². The Morgan fingerprint density at radius 2 is 1.40 bits per heavy atom. The van der Waals surface area contributed by atoms with E-state index in [1.54, 1.807) is 0 Å². The van der Waals surface area contributed by atoms with Gasteiger partial charge in [0.25, 0.3) is 0 Å². The quantitative estimate of drug-likeness (QED) is 0.250. The van der Waals surface area contributed by atoms with Crippen molar-refractivity contribution in [1.82, 2.24) is 0 Å². The van der Waals surface area contributed by atoms with Gasteiger partial charge in [-0.25, -0.2) is 0 Å². The largest absolute Gasteiger partial charge is 0.356 e. The van der Waals surface area contributed by atoms with Crippen molar-refractivity contribution in [3.63, 3.8) is 0 Å². The third-order valence-corrected chi connectivity index (χ3v) is 0. The Bertz CT molecular complexity index is 29.9. The fraction of sp³-hybridized carbons (Fsp3) is 0. The van der Waals surface area contributed by atoms with Crippen molar-refractivity contribution in [1.29, 1.82) is 0 Å². The molecule has 0 bridgehead atoms. The Morgan fingerprint density at radius 1 is 1.40 bits per heavy atom. The standard InChI is InChI=1S/Fe.NO3/c;2-1(3)4/q;-1. The number of hydrogen-bond acceptors (Lipinski definition) is 3. The minimum Gasteiger partial charge on any atom is -0.356 e. The van der Waals surface area contributed by atoms with E-state index in [-0.39, 0.29) is 17.1 Å². The van der Waals surface area contributed by atoms with Gasteiger partial charge in [0.05, 0.1) is 5.09 Å². The third-order valence-electron chi connectivity index (χ3n) is 0. The molecule has 0 aliphatic heterocycles. The maximum Gasteiger partial charge on any atom is 0.0689 e. The molecule has 0 amide bonds. The maximum absolute atomic E-state index is 8.25. The number of hydrogen-bond donors (Lipinski definition) is 0. The first kappa shape index (κ1) is 8.83. The minimum atomic E-state index is -1.75. The molecule has 0 saturated heterocycles. The number of nitrogens with zero attached hydrogens (tertiary/aromatic N) is 1. The average molecular weight is 118 g/mol. The zero-order valence-electron chi connectivity index (χ0n) is 2.03. The third kappa shape index (κ3) is 140. The molecule has 0 aliphatic carbocycles. The van der Waals surface area contributed by atoms with E-state index in [4.69, 9.17) is 15.3 Å². The van der Waals surface area contributed by atoms with Crippen molar-refractivity contribution in [3.8, 4) is 0 Å². The van der Waals surface area contributed by atoms with Crippen LogP contribution in [0.2, 0.25) is 0 Å². The van der Waals surface area contributed by atoms with Gasteiger partial charge < -0.3 is 15.3 Å². The van der Waals surface area contributed by atoms with Gasteiger partial charge in [-0.3, -0.25) is 0 Å². The first-order valence-corrected chi connectivity index (χ1v) is 0.548. The predicted molar refractivity (Wildman–Crippen MR) is 10.4 cm³/mol. The summed E-state index contributed by atoms with van der Waals surface area (Å²) < 4.78 is 0. The van der Waals surface area contributed by atoms with E-state index < -0.39 is 5.09 Å². The Hall–Kier alpha value is -0.281. The van der Waals surface area contributed by atoms with Crippen molar-refractivity contribution in [2.45, 2.75) is 0 Å². The van der Waals surface area contributed by atoms with E-state index in [9.17, 15) is 0 Å². The topological polar surface area (TPSA) is 66.2 Å². The molecule has 0 N–H and O–H groups in total. The van der Waals surface area contributed by atoms with Crippen LogP contribution < -0.4 is 0 Å². The fourth-order valence-corrected chi connectivity index (χ4v) is 0. The zero-order chi connectivity index (χ0) is 3.58. The van der Waals surface area contributed by atoms with Gasteiger partial charge in [-0.2, -0.15) is 0 Å². The average Bonchev–Trinajstić information content (AvgIpc) is 0.811. The molecule has 0 radical (unpaired) electrons. The molecule has 5 heavy (non-hydrogen) atoms. The van der Waals surface area contributed by atoms with E-state index in [2.05, 4.69) is 0 Å². The van der Waals surface area contributed by atoms with Crippen LogP contribution in [0.3, 0.4) is 0 Å². The summed E-state index contributed by atoms with van der Waals surface area (Å²) in [4.78, 5) is 8.25. The van der Waals surface area contributed by atoms with Gasteiger partial charge in [-0.15, -0.1) is 0 Å². The van der Waals surface area contributed by atoms with Crippen LogP contribution in [0.15, 0.2) is 0 Å². The van der Waals surface area contributed by atoms with Crippen molar-refractivity contribution >= 4 is 0 Å². The van der Waals surface area contributed by atoms with Gasteiger partial charge in [-0.05, 0) is 0 Å². The zero-order valence-corrected chi connectivity index (χ0v) is 3.13. The molecule has 0 rings (SSSR count). The molecule has 5 heteroatoms. The maximum atomic E-state index is 8.25. The molecule has 0 unspecified atom stereocenters. The summed E-state index contributed by atoms with van der Waals surface area (Å²) in [6.45, 7) is 0. The Labute approximate surface area is 38.4 Å². The summed E-state index contributed by atoms with van der Waals surface area (Å²) in [5.41, 5.74) is 0. The van der Waals surface area contributed by atoms with Gasteiger partial charge in [0.1, 0.15) is 0 Å². The van der Waals surface area contributed by atoms with Gasteiger partial charge in [-0.1, -0.05) is 0 Å². The van der Waals surface area contributed by atoms with Crippen molar-refractivity contribution in [3.05, 3.63) is 15.3 Å². The second-order valence-electron chi connectivity index (χ2n) is 0.224. The molecule has 0 aromatic carbocycles. The van der Waals surface area contributed by atoms with Crippen LogP contribution in [-0.2, 0) is 17.1 Å². The summed E-state index contributed by atoms with van der Waals surface area (Å²) in [6.07, 6.45) is 0. The minimum absolute atomic E-state index is 0. The Morgan fingerprint density at radius 3 is 1.40 bits per heavy atom. The van der Waals surface area contributed by atoms with Crippen LogP contribution in [0.5, 0.6) is 0 Å². The van der Waals surface area contributed by atoms with E-state index in [1.165, 1.54) is 0 Å². The summed E-state index contributed by atoms with van der Waals surface area (Å²) in [6, 6.07) is 0. The normalized spacial score (nSPS) is 4.80. The molecule has 0 heterocycles. The van der Waals surface area contributed by atoms with Crippen LogP contribution in [-0.4, -0.2) is 5.09 Å². The molecule has 0 atom stereocenters. The van der Waals surface area contributed by atoms with Crippen LogP contribution >= 0.6 is 0 Å². The first-order chi connectivity index (χ1) is 1.73. The van der Waals surface area contributed by atoms with E-state index in [0.29, 0.717) is 0 Å². The van der Waals surface area contributed by atoms with Crippen molar-refractivity contribution in [2.75, 3.05) is 0 Å². The Kier molecular flexibility index (Phi) is 6.57. The van der Waals surface area contributed by atoms with E-state index in [0.717, 1.165) is 0 Å². The van der Waals surface area contributed by atoms with Crippen LogP contribution in [0.25, 0.3) is 0 Å². The second kappa shape index (κ2) is 3.72. The molecule has 0 aromatic heterocycles.